The first-order chi connectivity index (χ1) is 5.64. The molecule has 1 N–H and O–H groups in total. The molecule has 4 heteroatoms. The number of hydrogen-bond donors (Lipinski definition) is 1. The Morgan fingerprint density at radius 3 is 2.67 bits per heavy atom. The third kappa shape index (κ3) is 1.29. The molecule has 1 fully saturated rings. The number of amides is 1. The number of nitrogens with zero attached hydrogens (tertiary/aromatic N) is 1. The van der Waals surface area contributed by atoms with E-state index in [2.05, 4.69) is 0 Å². The summed E-state index contributed by atoms with van der Waals surface area (Å²) in [5.41, 5.74) is -0.680. The van der Waals surface area contributed by atoms with Crippen LogP contribution in [0.4, 0.5) is 0 Å². The average molecular weight is 171 g/mol. The van der Waals surface area contributed by atoms with Gasteiger partial charge in [-0.05, 0) is 12.8 Å². The van der Waals surface area contributed by atoms with E-state index in [-0.39, 0.29) is 0 Å². The second kappa shape index (κ2) is 3.13. The van der Waals surface area contributed by atoms with E-state index in [4.69, 9.17) is 5.11 Å². The minimum Gasteiger partial charge on any atom is -0.481 e. The van der Waals surface area contributed by atoms with Gasteiger partial charge in [-0.25, -0.2) is 0 Å². The topological polar surface area (TPSA) is 57.6 Å². The molecule has 0 aromatic heterocycles. The van der Waals surface area contributed by atoms with Crippen molar-refractivity contribution in [3.63, 3.8) is 0 Å². The van der Waals surface area contributed by atoms with Crippen LogP contribution in [-0.2, 0) is 9.59 Å². The van der Waals surface area contributed by atoms with Crippen molar-refractivity contribution in [3.05, 3.63) is 0 Å². The first kappa shape index (κ1) is 9.03. The summed E-state index contributed by atoms with van der Waals surface area (Å²) in [6.07, 6.45) is 1.89. The summed E-state index contributed by atoms with van der Waals surface area (Å²) in [5.74, 6) is -0.783. The number of likely N-dealkylation sites (tertiary alicyclic amines) is 1. The molecular formula is C8H13NO3. The van der Waals surface area contributed by atoms with Crippen LogP contribution >= 0.6 is 0 Å². The van der Waals surface area contributed by atoms with Crippen LogP contribution in [0.3, 0.4) is 0 Å². The van der Waals surface area contributed by atoms with Crippen LogP contribution in [-0.4, -0.2) is 35.5 Å². The van der Waals surface area contributed by atoms with Crippen molar-refractivity contribution in [3.8, 4) is 0 Å². The molecule has 0 aliphatic carbocycles. The van der Waals surface area contributed by atoms with Gasteiger partial charge in [0.25, 0.3) is 0 Å². The van der Waals surface area contributed by atoms with Gasteiger partial charge < -0.3 is 10.0 Å². The lowest BCUT2D eigenvalue weighted by Crippen LogP contribution is -2.33. The van der Waals surface area contributed by atoms with Gasteiger partial charge in [0.05, 0.1) is 5.41 Å². The number of aliphatic carboxylic acids is 1. The monoisotopic (exact) mass is 171 g/mol. The van der Waals surface area contributed by atoms with E-state index < -0.39 is 11.4 Å². The molecule has 12 heavy (non-hydrogen) atoms. The molecule has 1 amide bonds. The number of carbonyl (C=O) groups excluding carboxylic acids is 1. The van der Waals surface area contributed by atoms with Gasteiger partial charge in [-0.2, -0.15) is 0 Å². The molecule has 1 atom stereocenters. The third-order valence-corrected chi connectivity index (χ3v) is 2.66. The van der Waals surface area contributed by atoms with E-state index in [1.165, 1.54) is 4.90 Å². The van der Waals surface area contributed by atoms with Gasteiger partial charge in [0.15, 0.2) is 0 Å². The van der Waals surface area contributed by atoms with E-state index in [1.54, 1.807) is 0 Å². The summed E-state index contributed by atoms with van der Waals surface area (Å²) in [6.45, 7) is 2.79. The highest BCUT2D eigenvalue weighted by Gasteiger charge is 2.42. The average Bonchev–Trinajstić information content (AvgIpc) is 2.48. The van der Waals surface area contributed by atoms with Crippen LogP contribution in [0.5, 0.6) is 0 Å². The molecule has 0 saturated carbocycles. The lowest BCUT2D eigenvalue weighted by molar-refractivity contribution is -0.148. The normalized spacial score (nSPS) is 28.9. The molecule has 68 valence electrons. The van der Waals surface area contributed by atoms with Gasteiger partial charge in [-0.1, -0.05) is 6.92 Å². The largest absolute Gasteiger partial charge is 0.481 e. The van der Waals surface area contributed by atoms with E-state index in [9.17, 15) is 9.59 Å². The number of carboxylic acid groups (broad SMARTS) is 1. The quantitative estimate of drug-likeness (QED) is 0.622. The van der Waals surface area contributed by atoms with Crippen LogP contribution in [0.25, 0.3) is 0 Å². The van der Waals surface area contributed by atoms with Gasteiger partial charge in [-0.15, -0.1) is 0 Å². The third-order valence-electron chi connectivity index (χ3n) is 2.66. The lowest BCUT2D eigenvalue weighted by Gasteiger charge is -2.21. The zero-order valence-corrected chi connectivity index (χ0v) is 7.12. The molecule has 0 radical (unpaired) electrons. The summed E-state index contributed by atoms with van der Waals surface area (Å²) in [7, 11) is 0. The Labute approximate surface area is 71.2 Å². The Morgan fingerprint density at radius 2 is 2.42 bits per heavy atom. The zero-order chi connectivity index (χ0) is 9.19. The molecule has 4 nitrogen and oxygen atoms in total. The Kier molecular flexibility index (Phi) is 2.35. The SMILES string of the molecule is CCC1(C(=O)O)CCN(C=O)C1. The van der Waals surface area contributed by atoms with E-state index in [0.29, 0.717) is 25.9 Å². The highest BCUT2D eigenvalue weighted by atomic mass is 16.4. The molecule has 0 spiro atoms. The molecule has 1 rings (SSSR count). The Hall–Kier alpha value is -1.06. The molecule has 1 saturated heterocycles. The van der Waals surface area contributed by atoms with Crippen LogP contribution < -0.4 is 0 Å². The van der Waals surface area contributed by atoms with Gasteiger partial charge in [0.1, 0.15) is 0 Å². The first-order valence-electron chi connectivity index (χ1n) is 4.07. The van der Waals surface area contributed by atoms with Gasteiger partial charge >= 0.3 is 5.97 Å². The van der Waals surface area contributed by atoms with E-state index >= 15 is 0 Å². The van der Waals surface area contributed by atoms with Crippen molar-refractivity contribution in [2.45, 2.75) is 19.8 Å². The van der Waals surface area contributed by atoms with E-state index in [1.807, 2.05) is 6.92 Å². The van der Waals surface area contributed by atoms with Crippen molar-refractivity contribution < 1.29 is 14.7 Å². The smallest absolute Gasteiger partial charge is 0.311 e. The van der Waals surface area contributed by atoms with Crippen molar-refractivity contribution in [2.75, 3.05) is 13.1 Å². The van der Waals surface area contributed by atoms with Gasteiger partial charge in [0.2, 0.25) is 6.41 Å². The van der Waals surface area contributed by atoms with E-state index in [0.717, 1.165) is 6.41 Å². The maximum Gasteiger partial charge on any atom is 0.311 e. The lowest BCUT2D eigenvalue weighted by atomic mass is 9.84. The van der Waals surface area contributed by atoms with Crippen molar-refractivity contribution in [2.24, 2.45) is 5.41 Å². The van der Waals surface area contributed by atoms with Crippen molar-refractivity contribution >= 4 is 12.4 Å². The highest BCUT2D eigenvalue weighted by Crippen LogP contribution is 2.33. The summed E-state index contributed by atoms with van der Waals surface area (Å²) < 4.78 is 0. The predicted molar refractivity (Wildman–Crippen MR) is 42.6 cm³/mol. The van der Waals surface area contributed by atoms with Crippen LogP contribution in [0.15, 0.2) is 0 Å². The highest BCUT2D eigenvalue weighted by molar-refractivity contribution is 5.76. The van der Waals surface area contributed by atoms with Crippen molar-refractivity contribution in [1.82, 2.24) is 4.90 Å². The molecule has 1 heterocycles. The molecule has 0 aromatic carbocycles. The summed E-state index contributed by atoms with van der Waals surface area (Å²) >= 11 is 0. The molecule has 0 aromatic rings. The molecule has 0 bridgehead atoms. The minimum absolute atomic E-state index is 0.363. The number of hydrogen-bond acceptors (Lipinski definition) is 2. The second-order valence-corrected chi connectivity index (χ2v) is 3.26. The molecule has 1 unspecified atom stereocenters. The maximum absolute atomic E-state index is 10.9. The molecule has 1 aliphatic heterocycles. The Balaban J connectivity index is 2.72. The maximum atomic E-state index is 10.9. The number of carbonyl (C=O) groups is 2. The van der Waals surface area contributed by atoms with Crippen molar-refractivity contribution in [1.29, 1.82) is 0 Å². The summed E-state index contributed by atoms with van der Waals surface area (Å²) in [6, 6.07) is 0. The van der Waals surface area contributed by atoms with Gasteiger partial charge in [0, 0.05) is 13.1 Å². The number of rotatable bonds is 3. The Morgan fingerprint density at radius 1 is 1.75 bits per heavy atom. The van der Waals surface area contributed by atoms with Crippen LogP contribution in [0.1, 0.15) is 19.8 Å². The minimum atomic E-state index is -0.783. The summed E-state index contributed by atoms with van der Waals surface area (Å²) in [5, 5.41) is 8.93. The van der Waals surface area contributed by atoms with Gasteiger partial charge in [-0.3, -0.25) is 9.59 Å². The zero-order valence-electron chi connectivity index (χ0n) is 7.12. The molecular weight excluding hydrogens is 158 g/mol. The van der Waals surface area contributed by atoms with Crippen LogP contribution in [0.2, 0.25) is 0 Å². The summed E-state index contributed by atoms with van der Waals surface area (Å²) in [4.78, 5) is 22.8. The predicted octanol–water partition coefficient (Wildman–Crippen LogP) is 0.329. The molecule has 1 aliphatic rings. The first-order valence-corrected chi connectivity index (χ1v) is 4.07. The fraction of sp³-hybridized carbons (Fsp3) is 0.750. The number of carboxylic acids is 1. The standard InChI is InChI=1S/C8H13NO3/c1-2-8(7(11)12)3-4-9(5-8)6-10/h6H,2-5H2,1H3,(H,11,12). The fourth-order valence-corrected chi connectivity index (χ4v) is 1.61. The second-order valence-electron chi connectivity index (χ2n) is 3.26. The Bertz CT molecular complexity index is 204. The van der Waals surface area contributed by atoms with Crippen LogP contribution in [0, 0.1) is 5.41 Å². The fourth-order valence-electron chi connectivity index (χ4n) is 1.61.